The second kappa shape index (κ2) is 30.7. The summed E-state index contributed by atoms with van der Waals surface area (Å²) in [7, 11) is 3.23. The lowest BCUT2D eigenvalue weighted by atomic mass is 9.87. The highest BCUT2D eigenvalue weighted by atomic mass is 16.5. The molecule has 3 atom stereocenters. The maximum atomic E-state index is 14.3. The number of aliphatic hydroxyl groups excluding tert-OH is 1. The van der Waals surface area contributed by atoms with E-state index in [2.05, 4.69) is 79.8 Å². The monoisotopic (exact) mass is 1390 g/mol. The summed E-state index contributed by atoms with van der Waals surface area (Å²) in [6.45, 7) is 7.68. The number of aromatic nitrogens is 4. The summed E-state index contributed by atoms with van der Waals surface area (Å²) >= 11 is 0. The number of nitrogens with two attached hydrogens (primary N) is 2. The first-order valence-corrected chi connectivity index (χ1v) is 35.8. The van der Waals surface area contributed by atoms with Crippen LogP contribution in [0.15, 0.2) is 139 Å². The van der Waals surface area contributed by atoms with Crippen molar-refractivity contribution in [1.29, 1.82) is 0 Å². The Bertz CT molecular complexity index is 4600. The zero-order valence-electron chi connectivity index (χ0n) is 58.8. The molecule has 0 unspecified atom stereocenters. The predicted octanol–water partition coefficient (Wildman–Crippen LogP) is 7.12. The number of methoxy groups -OCH3 is 1. The number of rotatable bonds is 27. The number of fused-ring (bicyclic) bond motifs is 5. The number of aryl methyl sites for hydroxylation is 1. The Balaban J connectivity index is 0.615. The van der Waals surface area contributed by atoms with Crippen molar-refractivity contribution in [1.82, 2.24) is 50.2 Å². The van der Waals surface area contributed by atoms with Crippen LogP contribution in [0, 0.1) is 11.8 Å². The number of H-pyrrole nitrogens is 1. The minimum Gasteiger partial charge on any atom is -0.495 e. The fourth-order valence-corrected chi connectivity index (χ4v) is 15.5. The molecule has 13 rings (SSSR count). The number of nitrogens with zero attached hydrogens (tertiary/aromatic N) is 8. The molecule has 3 saturated heterocycles. The summed E-state index contributed by atoms with van der Waals surface area (Å²) in [5.41, 5.74) is 20.0. The molecular weight excluding hydrogens is 1300 g/mol. The third kappa shape index (κ3) is 15.2. The van der Waals surface area contributed by atoms with E-state index >= 15 is 0 Å². The number of aliphatic hydroxyl groups is 1. The Morgan fingerprint density at radius 1 is 0.816 bits per heavy atom. The number of anilines is 2. The maximum Gasteiger partial charge on any atom is 0.332 e. The Kier molecular flexibility index (Phi) is 21.2. The molecule has 24 nitrogen and oxygen atoms in total. The van der Waals surface area contributed by atoms with Crippen molar-refractivity contribution >= 4 is 69.0 Å². The van der Waals surface area contributed by atoms with Gasteiger partial charge in [-0.2, -0.15) is 0 Å². The van der Waals surface area contributed by atoms with Crippen molar-refractivity contribution in [3.8, 4) is 39.8 Å². The van der Waals surface area contributed by atoms with E-state index in [0.29, 0.717) is 66.3 Å². The molecule has 3 aliphatic heterocycles. The molecule has 5 aromatic carbocycles. The summed E-state index contributed by atoms with van der Waals surface area (Å²) in [5.74, 6) is 3.84. The Morgan fingerprint density at radius 3 is 2.20 bits per heavy atom. The van der Waals surface area contributed by atoms with E-state index in [1.165, 1.54) is 34.3 Å². The van der Waals surface area contributed by atoms with Gasteiger partial charge in [-0.05, 0) is 141 Å². The van der Waals surface area contributed by atoms with Crippen LogP contribution < -0.4 is 47.5 Å². The average molecular weight is 1400 g/mol. The zero-order chi connectivity index (χ0) is 72.1. The number of carbonyl (C=O) groups excluding carboxylic acids is 6. The van der Waals surface area contributed by atoms with Gasteiger partial charge in [0.2, 0.25) is 35.5 Å². The van der Waals surface area contributed by atoms with E-state index in [4.69, 9.17) is 30.9 Å². The number of likely N-dealkylation sites (N-methyl/N-ethyl adjacent to an activating group) is 1. The first kappa shape index (κ1) is 71.1. The first-order valence-electron chi connectivity index (χ1n) is 35.8. The Morgan fingerprint density at radius 2 is 1.52 bits per heavy atom. The number of hydrogen-bond donors (Lipinski definition) is 7. The lowest BCUT2D eigenvalue weighted by Crippen LogP contribution is -2.59. The van der Waals surface area contributed by atoms with Gasteiger partial charge < -0.3 is 61.3 Å². The molecule has 0 bridgehead atoms. The van der Waals surface area contributed by atoms with Crippen molar-refractivity contribution < 1.29 is 43.3 Å². The molecule has 5 aliphatic rings. The Labute approximate surface area is 598 Å². The second-order valence-electron chi connectivity index (χ2n) is 28.0. The molecule has 103 heavy (non-hydrogen) atoms. The van der Waals surface area contributed by atoms with Crippen molar-refractivity contribution in [3.05, 3.63) is 172 Å². The number of urea groups is 1. The van der Waals surface area contributed by atoms with Crippen LogP contribution in [0.5, 0.6) is 5.75 Å². The molecule has 3 aromatic heterocycles. The molecule has 1 saturated carbocycles. The maximum absolute atomic E-state index is 14.3. The molecule has 2 aliphatic carbocycles. The number of nitrogens with one attached hydrogen (secondary N) is 4. The fraction of sp³-hybridized carbons (Fsp3) is 0.405. The molecule has 8 aromatic rings. The molecule has 6 heterocycles. The van der Waals surface area contributed by atoms with Crippen LogP contribution in [0.3, 0.4) is 0 Å². The molecule has 0 spiro atoms. The van der Waals surface area contributed by atoms with Gasteiger partial charge in [0.25, 0.3) is 5.56 Å². The lowest BCUT2D eigenvalue weighted by molar-refractivity contribution is -0.136. The van der Waals surface area contributed by atoms with E-state index in [0.717, 1.165) is 109 Å². The molecule has 24 heteroatoms. The van der Waals surface area contributed by atoms with Gasteiger partial charge in [-0.3, -0.25) is 38.6 Å². The number of likely N-dealkylation sites (tertiary alicyclic amines) is 1. The molecular formula is C79H90N14O10. The minimum absolute atomic E-state index is 0.0146. The number of imide groups is 1. The summed E-state index contributed by atoms with van der Waals surface area (Å²) in [5, 5.41) is 22.1. The highest BCUT2D eigenvalue weighted by molar-refractivity contribution is 6.07. The highest BCUT2D eigenvalue weighted by Gasteiger charge is 2.45. The van der Waals surface area contributed by atoms with E-state index in [9.17, 15) is 38.7 Å². The fourth-order valence-electron chi connectivity index (χ4n) is 15.5. The molecule has 9 N–H and O–H groups in total. The highest BCUT2D eigenvalue weighted by Crippen LogP contribution is 2.47. The van der Waals surface area contributed by atoms with E-state index in [1.807, 2.05) is 90.8 Å². The molecule has 0 radical (unpaired) electrons. The normalized spacial score (nSPS) is 17.5. The SMILES string of the molecule is CCN(CCCC1c2ccccc2-c2ccccc21)[C@@H](CC(N)=O)C(=O)N[C@@H](CC(N)=O)C(=O)NCN1C(=O)CCN(c2cc(C#CCNC3(C)CCN(C4CCN(c5nc([C@@](CO)(OC6CC6)c6ccccc6)c6cc(-c7cn(C)c(=O)c8[nH]ccc78)ccc6n5)CC4)CC3)ccc2OC)C1=O. The summed E-state index contributed by atoms with van der Waals surface area (Å²) in [4.78, 5) is 117. The van der Waals surface area contributed by atoms with E-state index in [-0.39, 0.29) is 49.1 Å². The zero-order valence-corrected chi connectivity index (χ0v) is 58.8. The minimum atomic E-state index is -1.52. The summed E-state index contributed by atoms with van der Waals surface area (Å²) in [6.07, 6.45) is 9.42. The van der Waals surface area contributed by atoms with Crippen LogP contribution in [-0.2, 0) is 41.4 Å². The standard InChI is InChI=1S/C79H90N14O10/c1-5-89(37-14-22-59-57-20-11-9-18-55(57)56-19-10-12-21-58(56)59)66(46-69(81)96)74(99)85-64(45-68(80)95)73(98)83-49-93-70(97)32-40-92(77(93)101)65-43-50(23-28-67(65)102-4)15-13-35-84-78(2)33-41-90(42-34-78)53-30-38-91(39-31-53)76-86-63-27-24-51(62-47-88(3)75(100)71-60(62)29-36-82-71)44-61(63)72(87-76)79(48-94,103-54-25-26-54)52-16-7-6-8-17-52/h6-12,16-21,23-24,27-29,36,43-44,47,53-54,59,64,66,82,84,94H,5,14,22,25-26,30-35,37-42,45-46,48-49H2,1-4H3,(H2,80,95)(H2,81,96)(H,83,98)(H,85,99)/t64-,66-,79-/m0/s1. The number of amides is 7. The van der Waals surface area contributed by atoms with Gasteiger partial charge in [0.1, 0.15) is 24.0 Å². The van der Waals surface area contributed by atoms with Crippen LogP contribution in [0.4, 0.5) is 16.4 Å². The predicted molar refractivity (Wildman–Crippen MR) is 394 cm³/mol. The van der Waals surface area contributed by atoms with Crippen LogP contribution in [-0.4, -0.2) is 177 Å². The Hall–Kier alpha value is -10.3. The number of aromatic amines is 1. The van der Waals surface area contributed by atoms with Gasteiger partial charge in [-0.15, -0.1) is 0 Å². The van der Waals surface area contributed by atoms with Crippen LogP contribution in [0.25, 0.3) is 44.1 Å². The number of pyridine rings is 1. The van der Waals surface area contributed by atoms with Gasteiger partial charge >= 0.3 is 6.03 Å². The van der Waals surface area contributed by atoms with Gasteiger partial charge in [0.05, 0.1) is 62.1 Å². The van der Waals surface area contributed by atoms with Gasteiger partial charge in [0.15, 0.2) is 5.60 Å². The van der Waals surface area contributed by atoms with Crippen molar-refractivity contribution in [3.63, 3.8) is 0 Å². The molecule has 4 fully saturated rings. The summed E-state index contributed by atoms with van der Waals surface area (Å²) < 4.78 is 14.2. The lowest BCUT2D eigenvalue weighted by Gasteiger charge is -2.45. The first-order chi connectivity index (χ1) is 49.9. The number of benzene rings is 5. The van der Waals surface area contributed by atoms with Crippen molar-refractivity contribution in [2.24, 2.45) is 18.5 Å². The number of carbonyl (C=O) groups is 6. The smallest absolute Gasteiger partial charge is 0.332 e. The van der Waals surface area contributed by atoms with Crippen LogP contribution in [0.1, 0.15) is 118 Å². The van der Waals surface area contributed by atoms with Gasteiger partial charge in [-0.25, -0.2) is 19.7 Å². The number of piperidine rings is 2. The van der Waals surface area contributed by atoms with Crippen molar-refractivity contribution in [2.75, 3.05) is 82.5 Å². The van der Waals surface area contributed by atoms with Gasteiger partial charge in [0, 0.05) is 98.0 Å². The topological polar surface area (TPSA) is 309 Å². The molecule has 536 valence electrons. The largest absolute Gasteiger partial charge is 0.495 e. The van der Waals surface area contributed by atoms with Gasteiger partial charge in [-0.1, -0.05) is 104 Å². The third-order valence-corrected chi connectivity index (χ3v) is 21.3. The number of hydrogen-bond acceptors (Lipinski definition) is 16. The quantitative estimate of drug-likeness (QED) is 0.0252. The van der Waals surface area contributed by atoms with Crippen LogP contribution >= 0.6 is 0 Å². The van der Waals surface area contributed by atoms with Crippen molar-refractivity contribution in [2.45, 2.75) is 126 Å². The van der Waals surface area contributed by atoms with Crippen LogP contribution in [0.2, 0.25) is 0 Å². The molecule has 7 amide bonds. The van der Waals surface area contributed by atoms with E-state index < -0.39 is 66.3 Å². The number of primary amides is 2. The summed E-state index contributed by atoms with van der Waals surface area (Å²) in [6, 6.07) is 36.8. The van der Waals surface area contributed by atoms with E-state index in [1.54, 1.807) is 36.0 Å². The average Bonchev–Trinajstić information content (AvgIpc) is 1.46. The second-order valence-corrected chi connectivity index (χ2v) is 28.0. The number of ether oxygens (including phenoxy) is 2. The third-order valence-electron chi connectivity index (χ3n) is 21.3.